The average molecular weight is 204 g/mol. The van der Waals surface area contributed by atoms with E-state index in [4.69, 9.17) is 9.47 Å². The first kappa shape index (κ1) is 13.2. The molecular formula is C9H20N2O3. The van der Waals surface area contributed by atoms with Crippen molar-refractivity contribution < 1.29 is 14.3 Å². The Morgan fingerprint density at radius 2 is 1.36 bits per heavy atom. The van der Waals surface area contributed by atoms with Crippen LogP contribution in [-0.2, 0) is 9.47 Å². The third kappa shape index (κ3) is 5.04. The molecule has 0 atom stereocenters. The van der Waals surface area contributed by atoms with Gasteiger partial charge in [0.15, 0.2) is 0 Å². The summed E-state index contributed by atoms with van der Waals surface area (Å²) in [5, 5.41) is 0. The minimum atomic E-state index is -0.105. The molecule has 5 nitrogen and oxygen atoms in total. The highest BCUT2D eigenvalue weighted by Gasteiger charge is 2.13. The topological polar surface area (TPSA) is 42.0 Å². The number of carbonyl (C=O) groups excluding carboxylic acids is 1. The molecule has 2 amide bonds. The molecule has 0 aromatic heterocycles. The summed E-state index contributed by atoms with van der Waals surface area (Å²) in [7, 11) is 3.39. The van der Waals surface area contributed by atoms with Crippen LogP contribution >= 0.6 is 0 Å². The Morgan fingerprint density at radius 3 is 1.64 bits per heavy atom. The number of ether oxygens (including phenoxy) is 2. The summed E-state index contributed by atoms with van der Waals surface area (Å²) in [5.74, 6) is 0. The van der Waals surface area contributed by atoms with Crippen molar-refractivity contribution in [1.82, 2.24) is 9.80 Å². The fraction of sp³-hybridized carbons (Fsp3) is 0.889. The van der Waals surface area contributed by atoms with Crippen LogP contribution in [0.3, 0.4) is 0 Å². The number of nitrogens with zero attached hydrogens (tertiary/aromatic N) is 2. The van der Waals surface area contributed by atoms with Crippen LogP contribution in [0, 0.1) is 0 Å². The molecule has 0 N–H and O–H groups in total. The Kier molecular flexibility index (Phi) is 7.14. The smallest absolute Gasteiger partial charge is 0.323 e. The summed E-state index contributed by atoms with van der Waals surface area (Å²) < 4.78 is 10.2. The van der Waals surface area contributed by atoms with Crippen molar-refractivity contribution in [3.8, 4) is 0 Å². The first-order valence-corrected chi connectivity index (χ1v) is 4.75. The van der Waals surface area contributed by atoms with Gasteiger partial charge < -0.3 is 19.3 Å². The van der Waals surface area contributed by atoms with Gasteiger partial charge in [-0.05, 0) is 13.8 Å². The maximum atomic E-state index is 11.5. The third-order valence-corrected chi connectivity index (χ3v) is 1.63. The number of carbonyl (C=O) groups is 1. The predicted octanol–water partition coefficient (Wildman–Crippen LogP) is 0.958. The van der Waals surface area contributed by atoms with Crippen LogP contribution in [0.25, 0.3) is 0 Å². The van der Waals surface area contributed by atoms with Crippen molar-refractivity contribution in [1.29, 1.82) is 0 Å². The fourth-order valence-corrected chi connectivity index (χ4v) is 0.858. The minimum Gasteiger partial charge on any atom is -0.361 e. The predicted molar refractivity (Wildman–Crippen MR) is 53.9 cm³/mol. The van der Waals surface area contributed by atoms with Crippen LogP contribution in [0.2, 0.25) is 0 Å². The number of rotatable bonds is 6. The van der Waals surface area contributed by atoms with Crippen LogP contribution in [0.4, 0.5) is 4.79 Å². The van der Waals surface area contributed by atoms with Crippen molar-refractivity contribution in [2.45, 2.75) is 13.8 Å². The van der Waals surface area contributed by atoms with E-state index >= 15 is 0 Å². The van der Waals surface area contributed by atoms with Crippen LogP contribution in [0.1, 0.15) is 13.8 Å². The second-order valence-corrected chi connectivity index (χ2v) is 2.92. The highest BCUT2D eigenvalue weighted by Crippen LogP contribution is 1.94. The lowest BCUT2D eigenvalue weighted by atomic mass is 10.7. The van der Waals surface area contributed by atoms with Crippen LogP contribution in [0.15, 0.2) is 0 Å². The van der Waals surface area contributed by atoms with Crippen molar-refractivity contribution in [2.75, 3.05) is 40.8 Å². The zero-order valence-electron chi connectivity index (χ0n) is 9.45. The molecule has 0 heterocycles. The molecule has 0 aromatic rings. The van der Waals surface area contributed by atoms with Crippen molar-refractivity contribution in [3.63, 3.8) is 0 Å². The maximum Gasteiger partial charge on any atom is 0.323 e. The van der Waals surface area contributed by atoms with Gasteiger partial charge in [-0.3, -0.25) is 0 Å². The molecule has 5 heteroatoms. The van der Waals surface area contributed by atoms with Gasteiger partial charge in [-0.1, -0.05) is 0 Å². The zero-order valence-corrected chi connectivity index (χ0v) is 9.45. The Hall–Kier alpha value is -0.810. The lowest BCUT2D eigenvalue weighted by Gasteiger charge is -2.24. The Morgan fingerprint density at radius 1 is 1.00 bits per heavy atom. The molecule has 0 aliphatic heterocycles. The van der Waals surface area contributed by atoms with E-state index in [1.165, 1.54) is 9.80 Å². The molecule has 0 aliphatic carbocycles. The summed E-state index contributed by atoms with van der Waals surface area (Å²) in [5.41, 5.74) is 0. The number of hydrogen-bond acceptors (Lipinski definition) is 3. The van der Waals surface area contributed by atoms with Gasteiger partial charge in [0.25, 0.3) is 0 Å². The highest BCUT2D eigenvalue weighted by atomic mass is 16.5. The quantitative estimate of drug-likeness (QED) is 0.605. The van der Waals surface area contributed by atoms with E-state index in [0.29, 0.717) is 26.7 Å². The lowest BCUT2D eigenvalue weighted by Crippen LogP contribution is -2.40. The summed E-state index contributed by atoms with van der Waals surface area (Å²) in [6.45, 7) is 5.61. The number of amides is 2. The van der Waals surface area contributed by atoms with E-state index in [-0.39, 0.29) is 6.03 Å². The Labute approximate surface area is 85.6 Å². The van der Waals surface area contributed by atoms with Gasteiger partial charge in [-0.2, -0.15) is 0 Å². The van der Waals surface area contributed by atoms with Gasteiger partial charge in [0.05, 0.1) is 0 Å². The molecule has 0 spiro atoms. The van der Waals surface area contributed by atoms with Crippen LogP contribution in [-0.4, -0.2) is 56.6 Å². The molecule has 0 aliphatic rings. The molecule has 0 saturated carbocycles. The molecule has 84 valence electrons. The molecule has 0 bridgehead atoms. The summed E-state index contributed by atoms with van der Waals surface area (Å²) in [6, 6.07) is -0.105. The molecule has 0 unspecified atom stereocenters. The van der Waals surface area contributed by atoms with Crippen LogP contribution < -0.4 is 0 Å². The second-order valence-electron chi connectivity index (χ2n) is 2.92. The molecular weight excluding hydrogens is 184 g/mol. The van der Waals surface area contributed by atoms with Gasteiger partial charge >= 0.3 is 6.03 Å². The Balaban J connectivity index is 3.78. The Bertz CT molecular complexity index is 148. The average Bonchev–Trinajstić information content (AvgIpc) is 2.21. The second kappa shape index (κ2) is 7.58. The van der Waals surface area contributed by atoms with E-state index in [0.717, 1.165) is 0 Å². The SMILES string of the molecule is CCOCN(C)C(=O)N(C)COCC. The lowest BCUT2D eigenvalue weighted by molar-refractivity contribution is 0.0293. The molecule has 0 saturated heterocycles. The number of urea groups is 1. The van der Waals surface area contributed by atoms with Gasteiger partial charge in [0.2, 0.25) is 0 Å². The van der Waals surface area contributed by atoms with E-state index in [9.17, 15) is 4.79 Å². The van der Waals surface area contributed by atoms with Crippen molar-refractivity contribution in [2.24, 2.45) is 0 Å². The third-order valence-electron chi connectivity index (χ3n) is 1.63. The van der Waals surface area contributed by atoms with E-state index in [2.05, 4.69) is 0 Å². The fourth-order valence-electron chi connectivity index (χ4n) is 0.858. The molecule has 0 rings (SSSR count). The molecule has 14 heavy (non-hydrogen) atoms. The zero-order chi connectivity index (χ0) is 11.0. The van der Waals surface area contributed by atoms with Gasteiger partial charge in [-0.25, -0.2) is 4.79 Å². The highest BCUT2D eigenvalue weighted by molar-refractivity contribution is 5.73. The minimum absolute atomic E-state index is 0.105. The van der Waals surface area contributed by atoms with E-state index in [1.807, 2.05) is 13.8 Å². The standard InChI is InChI=1S/C9H20N2O3/c1-5-13-7-10(3)9(12)11(4)8-14-6-2/h5-8H2,1-4H3. The largest absolute Gasteiger partial charge is 0.361 e. The summed E-state index contributed by atoms with van der Waals surface area (Å²) in [6.07, 6.45) is 0. The molecule has 0 radical (unpaired) electrons. The van der Waals surface area contributed by atoms with Crippen molar-refractivity contribution >= 4 is 6.03 Å². The molecule has 0 fully saturated rings. The normalized spacial score (nSPS) is 10.0. The maximum absolute atomic E-state index is 11.5. The van der Waals surface area contributed by atoms with E-state index in [1.54, 1.807) is 14.1 Å². The van der Waals surface area contributed by atoms with E-state index < -0.39 is 0 Å². The van der Waals surface area contributed by atoms with Gasteiger partial charge in [0.1, 0.15) is 13.5 Å². The van der Waals surface area contributed by atoms with Gasteiger partial charge in [0, 0.05) is 27.3 Å². The van der Waals surface area contributed by atoms with Crippen molar-refractivity contribution in [3.05, 3.63) is 0 Å². The first-order chi connectivity index (χ1) is 6.63. The first-order valence-electron chi connectivity index (χ1n) is 4.75. The monoisotopic (exact) mass is 204 g/mol. The van der Waals surface area contributed by atoms with Gasteiger partial charge in [-0.15, -0.1) is 0 Å². The molecule has 0 aromatic carbocycles. The summed E-state index contributed by atoms with van der Waals surface area (Å²) in [4.78, 5) is 14.6. The van der Waals surface area contributed by atoms with Crippen LogP contribution in [0.5, 0.6) is 0 Å². The number of hydrogen-bond donors (Lipinski definition) is 0. The summed E-state index contributed by atoms with van der Waals surface area (Å²) >= 11 is 0.